The fraction of sp³-hybridized carbons (Fsp3) is 0.533. The van der Waals surface area contributed by atoms with Crippen molar-refractivity contribution < 1.29 is 17.9 Å². The van der Waals surface area contributed by atoms with E-state index in [1.807, 2.05) is 0 Å². The molecule has 2 fully saturated rings. The van der Waals surface area contributed by atoms with Crippen LogP contribution in [0.4, 0.5) is 0 Å². The van der Waals surface area contributed by atoms with Gasteiger partial charge in [-0.1, -0.05) is 12.1 Å². The van der Waals surface area contributed by atoms with Crippen LogP contribution in [-0.4, -0.2) is 51.0 Å². The Morgan fingerprint density at radius 3 is 2.73 bits per heavy atom. The van der Waals surface area contributed by atoms with E-state index in [0.717, 1.165) is 19.3 Å². The lowest BCUT2D eigenvalue weighted by Crippen LogP contribution is -2.39. The summed E-state index contributed by atoms with van der Waals surface area (Å²) in [4.78, 5) is 11.9. The summed E-state index contributed by atoms with van der Waals surface area (Å²) in [5.74, 6) is -0.631. The van der Waals surface area contributed by atoms with E-state index in [-0.39, 0.29) is 16.5 Å². The molecule has 1 N–H and O–H groups in total. The van der Waals surface area contributed by atoms with E-state index in [2.05, 4.69) is 5.32 Å². The van der Waals surface area contributed by atoms with Gasteiger partial charge < -0.3 is 10.1 Å². The molecule has 0 spiro atoms. The van der Waals surface area contributed by atoms with E-state index in [4.69, 9.17) is 4.74 Å². The van der Waals surface area contributed by atoms with Crippen LogP contribution in [0, 0.1) is 0 Å². The highest BCUT2D eigenvalue weighted by atomic mass is 32.2. The van der Waals surface area contributed by atoms with Crippen LogP contribution in [0.3, 0.4) is 0 Å². The lowest BCUT2D eigenvalue weighted by molar-refractivity contribution is 0.0596. The van der Waals surface area contributed by atoms with Gasteiger partial charge in [-0.15, -0.1) is 0 Å². The molecule has 2 heterocycles. The van der Waals surface area contributed by atoms with Crippen molar-refractivity contribution in [3.05, 3.63) is 29.8 Å². The monoisotopic (exact) mass is 324 g/mol. The van der Waals surface area contributed by atoms with Gasteiger partial charge in [-0.2, -0.15) is 4.31 Å². The standard InChI is InChI=1S/C15H20N2O4S/c1-21-15(18)13-4-2-3-5-14(13)22(19,20)17-9-8-11-6-7-12(10-17)16-11/h2-5,11-12,16H,6-10H2,1H3. The molecule has 6 nitrogen and oxygen atoms in total. The van der Waals surface area contributed by atoms with E-state index in [1.54, 1.807) is 12.1 Å². The second-order valence-electron chi connectivity index (χ2n) is 5.78. The summed E-state index contributed by atoms with van der Waals surface area (Å²) in [6.07, 6.45) is 2.91. The number of ether oxygens (including phenoxy) is 1. The second-order valence-corrected chi connectivity index (χ2v) is 7.68. The number of methoxy groups -OCH3 is 1. The van der Waals surface area contributed by atoms with Crippen LogP contribution in [-0.2, 0) is 14.8 Å². The fourth-order valence-corrected chi connectivity index (χ4v) is 4.92. The lowest BCUT2D eigenvalue weighted by atomic mass is 10.1. The van der Waals surface area contributed by atoms with Crippen molar-refractivity contribution in [2.45, 2.75) is 36.2 Å². The van der Waals surface area contributed by atoms with Crippen molar-refractivity contribution in [2.75, 3.05) is 20.2 Å². The maximum atomic E-state index is 12.9. The second kappa shape index (κ2) is 5.98. The Morgan fingerprint density at radius 2 is 1.95 bits per heavy atom. The first kappa shape index (κ1) is 15.5. The number of benzene rings is 1. The minimum atomic E-state index is -3.70. The molecule has 2 atom stereocenters. The van der Waals surface area contributed by atoms with Crippen LogP contribution in [0.15, 0.2) is 29.2 Å². The van der Waals surface area contributed by atoms with Crippen LogP contribution in [0.5, 0.6) is 0 Å². The predicted octanol–water partition coefficient (Wildman–Crippen LogP) is 0.988. The molecule has 120 valence electrons. The van der Waals surface area contributed by atoms with Crippen molar-refractivity contribution in [3.8, 4) is 0 Å². The quantitative estimate of drug-likeness (QED) is 0.839. The Kier molecular flexibility index (Phi) is 4.20. The minimum absolute atomic E-state index is 0.0274. The summed E-state index contributed by atoms with van der Waals surface area (Å²) in [6.45, 7) is 0.931. The molecule has 7 heteroatoms. The van der Waals surface area contributed by atoms with E-state index < -0.39 is 16.0 Å². The van der Waals surface area contributed by atoms with Gasteiger partial charge >= 0.3 is 5.97 Å². The molecule has 2 unspecified atom stereocenters. The van der Waals surface area contributed by atoms with Gasteiger partial charge in [0.15, 0.2) is 0 Å². The molecule has 0 aromatic heterocycles. The van der Waals surface area contributed by atoms with Gasteiger partial charge in [0.05, 0.1) is 17.6 Å². The summed E-state index contributed by atoms with van der Waals surface area (Å²) in [5, 5.41) is 3.46. The van der Waals surface area contributed by atoms with Gasteiger partial charge in [-0.3, -0.25) is 0 Å². The zero-order valence-electron chi connectivity index (χ0n) is 12.5. The number of hydrogen-bond donors (Lipinski definition) is 1. The molecule has 2 aliphatic rings. The van der Waals surface area contributed by atoms with Crippen LogP contribution in [0.1, 0.15) is 29.6 Å². The number of esters is 1. The Morgan fingerprint density at radius 1 is 1.23 bits per heavy atom. The van der Waals surface area contributed by atoms with Crippen molar-refractivity contribution in [1.82, 2.24) is 9.62 Å². The molecule has 1 aromatic carbocycles. The third kappa shape index (κ3) is 2.76. The maximum Gasteiger partial charge on any atom is 0.339 e. The van der Waals surface area contributed by atoms with Gasteiger partial charge in [-0.25, -0.2) is 13.2 Å². The molecule has 0 aliphatic carbocycles. The molecule has 3 rings (SSSR count). The van der Waals surface area contributed by atoms with E-state index in [1.165, 1.54) is 23.5 Å². The molecule has 1 aromatic rings. The molecule has 0 saturated carbocycles. The highest BCUT2D eigenvalue weighted by Gasteiger charge is 2.36. The third-order valence-electron chi connectivity index (χ3n) is 4.40. The lowest BCUT2D eigenvalue weighted by Gasteiger charge is -2.24. The number of fused-ring (bicyclic) bond motifs is 2. The van der Waals surface area contributed by atoms with Crippen LogP contribution < -0.4 is 5.32 Å². The predicted molar refractivity (Wildman–Crippen MR) is 81.1 cm³/mol. The van der Waals surface area contributed by atoms with Gasteiger partial charge in [0.1, 0.15) is 0 Å². The molecule has 2 bridgehead atoms. The number of hydrogen-bond acceptors (Lipinski definition) is 5. The van der Waals surface area contributed by atoms with Crippen molar-refractivity contribution >= 4 is 16.0 Å². The highest BCUT2D eigenvalue weighted by molar-refractivity contribution is 7.89. The van der Waals surface area contributed by atoms with Crippen LogP contribution in [0.25, 0.3) is 0 Å². The Labute approximate surface area is 130 Å². The number of carbonyl (C=O) groups excluding carboxylic acids is 1. The van der Waals surface area contributed by atoms with Crippen LogP contribution >= 0.6 is 0 Å². The van der Waals surface area contributed by atoms with Gasteiger partial charge in [0, 0.05) is 25.2 Å². The van der Waals surface area contributed by atoms with Crippen molar-refractivity contribution in [2.24, 2.45) is 0 Å². The summed E-state index contributed by atoms with van der Waals surface area (Å²) in [5.41, 5.74) is 0.0902. The van der Waals surface area contributed by atoms with Crippen LogP contribution in [0.2, 0.25) is 0 Å². The Bertz CT molecular complexity index is 674. The zero-order chi connectivity index (χ0) is 15.7. The fourth-order valence-electron chi connectivity index (χ4n) is 3.24. The first-order chi connectivity index (χ1) is 10.5. The Balaban J connectivity index is 1.94. The summed E-state index contributed by atoms with van der Waals surface area (Å²) < 4.78 is 32.1. The van der Waals surface area contributed by atoms with Gasteiger partial charge in [-0.05, 0) is 31.4 Å². The normalized spacial score (nSPS) is 25.7. The van der Waals surface area contributed by atoms with Gasteiger partial charge in [0.25, 0.3) is 0 Å². The van der Waals surface area contributed by atoms with E-state index in [9.17, 15) is 13.2 Å². The number of carbonyl (C=O) groups is 1. The number of rotatable bonds is 3. The maximum absolute atomic E-state index is 12.9. The number of sulfonamides is 1. The topological polar surface area (TPSA) is 75.7 Å². The summed E-state index contributed by atoms with van der Waals surface area (Å²) in [6, 6.07) is 6.83. The smallest absolute Gasteiger partial charge is 0.339 e. The SMILES string of the molecule is COC(=O)c1ccccc1S(=O)(=O)N1CCC2CCC(C1)N2. The number of nitrogens with zero attached hydrogens (tertiary/aromatic N) is 1. The molecule has 2 saturated heterocycles. The number of nitrogens with one attached hydrogen (secondary N) is 1. The Hall–Kier alpha value is -1.44. The van der Waals surface area contributed by atoms with Crippen molar-refractivity contribution in [3.63, 3.8) is 0 Å². The first-order valence-corrected chi connectivity index (χ1v) is 8.90. The largest absolute Gasteiger partial charge is 0.465 e. The average Bonchev–Trinajstić information content (AvgIpc) is 2.85. The third-order valence-corrected chi connectivity index (χ3v) is 6.32. The minimum Gasteiger partial charge on any atom is -0.465 e. The highest BCUT2D eigenvalue weighted by Crippen LogP contribution is 2.26. The molecular weight excluding hydrogens is 304 g/mol. The molecule has 0 radical (unpaired) electrons. The summed E-state index contributed by atoms with van der Waals surface area (Å²) >= 11 is 0. The van der Waals surface area contributed by atoms with E-state index in [0.29, 0.717) is 19.1 Å². The average molecular weight is 324 g/mol. The molecule has 22 heavy (non-hydrogen) atoms. The van der Waals surface area contributed by atoms with E-state index >= 15 is 0 Å². The van der Waals surface area contributed by atoms with Gasteiger partial charge in [0.2, 0.25) is 10.0 Å². The summed E-state index contributed by atoms with van der Waals surface area (Å²) in [7, 11) is -2.45. The van der Waals surface area contributed by atoms with Crippen molar-refractivity contribution in [1.29, 1.82) is 0 Å². The molecule has 2 aliphatic heterocycles. The zero-order valence-corrected chi connectivity index (χ0v) is 13.3. The molecule has 0 amide bonds. The molecular formula is C15H20N2O4S. The first-order valence-electron chi connectivity index (χ1n) is 7.46.